The summed E-state index contributed by atoms with van der Waals surface area (Å²) in [4.78, 5) is 0. The van der Waals surface area contributed by atoms with E-state index in [1.54, 1.807) is 12.1 Å². The molecule has 0 fully saturated rings. The lowest BCUT2D eigenvalue weighted by molar-refractivity contribution is 0.477. The van der Waals surface area contributed by atoms with Gasteiger partial charge in [0.1, 0.15) is 5.75 Å². The number of nitrogens with zero attached hydrogens (tertiary/aromatic N) is 1. The van der Waals surface area contributed by atoms with Gasteiger partial charge >= 0.3 is 0 Å². The minimum atomic E-state index is -0.340. The van der Waals surface area contributed by atoms with Crippen LogP contribution in [0, 0.1) is 11.3 Å². The van der Waals surface area contributed by atoms with Gasteiger partial charge in [-0.05, 0) is 17.7 Å². The largest absolute Gasteiger partial charge is 0.506 e. The first-order valence-electron chi connectivity index (χ1n) is 3.86. The maximum atomic E-state index is 9.12. The van der Waals surface area contributed by atoms with E-state index in [0.717, 1.165) is 5.56 Å². The summed E-state index contributed by atoms with van der Waals surface area (Å²) >= 11 is 0. The molecule has 13 heavy (non-hydrogen) atoms. The Hall–Kier alpha value is -1.73. The third kappa shape index (κ3) is 2.10. The van der Waals surface area contributed by atoms with Gasteiger partial charge in [0.2, 0.25) is 0 Å². The molecule has 4 nitrogen and oxygen atoms in total. The monoisotopic (exact) mass is 177 g/mol. The highest BCUT2D eigenvalue weighted by Gasteiger charge is 2.06. The number of aromatic hydroxyl groups is 1. The molecule has 1 aromatic carbocycles. The number of benzene rings is 1. The van der Waals surface area contributed by atoms with Crippen LogP contribution in [0.3, 0.4) is 0 Å². The van der Waals surface area contributed by atoms with E-state index in [4.69, 9.17) is 21.8 Å². The maximum Gasteiger partial charge on any atom is 0.138 e. The number of nitrogens with two attached hydrogens (primary N) is 2. The molecular formula is C9H11N3O. The van der Waals surface area contributed by atoms with Crippen LogP contribution in [0.5, 0.6) is 5.75 Å². The maximum absolute atomic E-state index is 9.12. The Morgan fingerprint density at radius 3 is 2.77 bits per heavy atom. The first-order valence-corrected chi connectivity index (χ1v) is 3.86. The van der Waals surface area contributed by atoms with Gasteiger partial charge in [0.25, 0.3) is 0 Å². The lowest BCUT2D eigenvalue weighted by Crippen LogP contribution is -2.09. The SMILES string of the molecule is N#CC[C@@H](N)c1ccc(O)c(N)c1. The van der Waals surface area contributed by atoms with Crippen molar-refractivity contribution in [2.24, 2.45) is 5.73 Å². The second-order valence-corrected chi connectivity index (χ2v) is 2.79. The summed E-state index contributed by atoms with van der Waals surface area (Å²) in [5, 5.41) is 17.5. The van der Waals surface area contributed by atoms with Crippen molar-refractivity contribution in [3.63, 3.8) is 0 Å². The van der Waals surface area contributed by atoms with Gasteiger partial charge in [-0.25, -0.2) is 0 Å². The zero-order chi connectivity index (χ0) is 9.84. The molecule has 1 rings (SSSR count). The normalized spacial score (nSPS) is 12.0. The summed E-state index contributed by atoms with van der Waals surface area (Å²) in [5.74, 6) is 0.0351. The summed E-state index contributed by atoms with van der Waals surface area (Å²) < 4.78 is 0. The molecule has 0 saturated heterocycles. The van der Waals surface area contributed by atoms with Gasteiger partial charge in [-0.15, -0.1) is 0 Å². The Labute approximate surface area is 76.4 Å². The van der Waals surface area contributed by atoms with Crippen molar-refractivity contribution >= 4 is 5.69 Å². The molecule has 5 N–H and O–H groups in total. The van der Waals surface area contributed by atoms with Crippen molar-refractivity contribution in [3.05, 3.63) is 23.8 Å². The summed E-state index contributed by atoms with van der Waals surface area (Å²) in [6.45, 7) is 0. The van der Waals surface area contributed by atoms with E-state index in [9.17, 15) is 0 Å². The predicted molar refractivity (Wildman–Crippen MR) is 49.7 cm³/mol. The van der Waals surface area contributed by atoms with Crippen LogP contribution in [0.4, 0.5) is 5.69 Å². The van der Waals surface area contributed by atoms with Crippen LogP contribution in [0.25, 0.3) is 0 Å². The Balaban J connectivity index is 2.91. The van der Waals surface area contributed by atoms with Crippen molar-refractivity contribution in [2.75, 3.05) is 5.73 Å². The molecule has 0 radical (unpaired) electrons. The molecular weight excluding hydrogens is 166 g/mol. The molecule has 0 saturated carbocycles. The first-order chi connectivity index (χ1) is 6.15. The number of phenolic OH excluding ortho intramolecular Hbond substituents is 1. The molecule has 0 unspecified atom stereocenters. The Morgan fingerprint density at radius 2 is 2.23 bits per heavy atom. The van der Waals surface area contributed by atoms with Crippen LogP contribution in [0.2, 0.25) is 0 Å². The number of nitrogen functional groups attached to an aromatic ring is 1. The van der Waals surface area contributed by atoms with Gasteiger partial charge in [0.05, 0.1) is 18.2 Å². The molecule has 68 valence electrons. The lowest BCUT2D eigenvalue weighted by Gasteiger charge is -2.08. The second kappa shape index (κ2) is 3.78. The molecule has 0 aliphatic rings. The fourth-order valence-corrected chi connectivity index (χ4v) is 1.02. The number of rotatable bonds is 2. The zero-order valence-electron chi connectivity index (χ0n) is 7.07. The third-order valence-electron chi connectivity index (χ3n) is 1.79. The van der Waals surface area contributed by atoms with Crippen molar-refractivity contribution in [1.29, 1.82) is 5.26 Å². The van der Waals surface area contributed by atoms with Gasteiger partial charge in [-0.1, -0.05) is 6.07 Å². The molecule has 1 aromatic rings. The van der Waals surface area contributed by atoms with Crippen LogP contribution in [0.1, 0.15) is 18.0 Å². The summed E-state index contributed by atoms with van der Waals surface area (Å²) in [7, 11) is 0. The highest BCUT2D eigenvalue weighted by Crippen LogP contribution is 2.24. The van der Waals surface area contributed by atoms with Crippen LogP contribution < -0.4 is 11.5 Å². The van der Waals surface area contributed by atoms with E-state index in [1.165, 1.54) is 6.07 Å². The average Bonchev–Trinajstić information content (AvgIpc) is 2.10. The fraction of sp³-hybridized carbons (Fsp3) is 0.222. The van der Waals surface area contributed by atoms with E-state index in [-0.39, 0.29) is 23.9 Å². The number of nitriles is 1. The minimum Gasteiger partial charge on any atom is -0.506 e. The Morgan fingerprint density at radius 1 is 1.54 bits per heavy atom. The average molecular weight is 177 g/mol. The Kier molecular flexibility index (Phi) is 2.72. The van der Waals surface area contributed by atoms with Crippen molar-refractivity contribution in [3.8, 4) is 11.8 Å². The summed E-state index contributed by atoms with van der Waals surface area (Å²) in [6, 6.07) is 6.35. The Bertz CT molecular complexity index is 343. The van der Waals surface area contributed by atoms with Crippen molar-refractivity contribution < 1.29 is 5.11 Å². The first kappa shape index (κ1) is 9.36. The van der Waals surface area contributed by atoms with Gasteiger partial charge in [0, 0.05) is 6.04 Å². The molecule has 0 amide bonds. The summed E-state index contributed by atoms with van der Waals surface area (Å²) in [6.07, 6.45) is 0.240. The number of hydrogen-bond donors (Lipinski definition) is 3. The van der Waals surface area contributed by atoms with Gasteiger partial charge < -0.3 is 16.6 Å². The van der Waals surface area contributed by atoms with E-state index in [1.807, 2.05) is 6.07 Å². The number of anilines is 1. The predicted octanol–water partition coefficient (Wildman–Crippen LogP) is 0.888. The third-order valence-corrected chi connectivity index (χ3v) is 1.79. The fourth-order valence-electron chi connectivity index (χ4n) is 1.02. The second-order valence-electron chi connectivity index (χ2n) is 2.79. The number of hydrogen-bond acceptors (Lipinski definition) is 4. The summed E-state index contributed by atoms with van der Waals surface area (Å²) in [5.41, 5.74) is 12.2. The molecule has 4 heteroatoms. The van der Waals surface area contributed by atoms with Crippen LogP contribution in [-0.2, 0) is 0 Å². The topological polar surface area (TPSA) is 96.1 Å². The van der Waals surface area contributed by atoms with Crippen LogP contribution in [0.15, 0.2) is 18.2 Å². The standard InChI is InChI=1S/C9H11N3O/c10-4-3-7(11)6-1-2-9(13)8(12)5-6/h1-2,5,7,13H,3,11-12H2/t7-/m1/s1. The highest BCUT2D eigenvalue weighted by atomic mass is 16.3. The number of phenols is 1. The lowest BCUT2D eigenvalue weighted by atomic mass is 10.0. The van der Waals surface area contributed by atoms with Crippen molar-refractivity contribution in [2.45, 2.75) is 12.5 Å². The quantitative estimate of drug-likeness (QED) is 0.461. The smallest absolute Gasteiger partial charge is 0.138 e. The molecule has 0 spiro atoms. The van der Waals surface area contributed by atoms with Gasteiger partial charge in [0.15, 0.2) is 0 Å². The molecule has 0 bridgehead atoms. The zero-order valence-corrected chi connectivity index (χ0v) is 7.07. The van der Waals surface area contributed by atoms with E-state index >= 15 is 0 Å². The van der Waals surface area contributed by atoms with Crippen LogP contribution in [-0.4, -0.2) is 5.11 Å². The van der Waals surface area contributed by atoms with E-state index < -0.39 is 0 Å². The molecule has 0 heterocycles. The molecule has 0 aromatic heterocycles. The van der Waals surface area contributed by atoms with Gasteiger partial charge in [-0.3, -0.25) is 0 Å². The van der Waals surface area contributed by atoms with E-state index in [0.29, 0.717) is 0 Å². The van der Waals surface area contributed by atoms with Crippen molar-refractivity contribution in [1.82, 2.24) is 0 Å². The van der Waals surface area contributed by atoms with Crippen LogP contribution >= 0.6 is 0 Å². The molecule has 0 aliphatic heterocycles. The minimum absolute atomic E-state index is 0.0351. The molecule has 1 atom stereocenters. The highest BCUT2D eigenvalue weighted by molar-refractivity contribution is 5.53. The molecule has 0 aliphatic carbocycles. The van der Waals surface area contributed by atoms with E-state index in [2.05, 4.69) is 0 Å². The van der Waals surface area contributed by atoms with Gasteiger partial charge in [-0.2, -0.15) is 5.26 Å².